The van der Waals surface area contributed by atoms with Crippen LogP contribution in [0.5, 0.6) is 5.75 Å². The molecule has 0 spiro atoms. The van der Waals surface area contributed by atoms with Crippen LogP contribution in [-0.4, -0.2) is 144 Å². The first-order valence-corrected chi connectivity index (χ1v) is 15.2. The number of hydrogen-bond acceptors (Lipinski definition) is 15. The van der Waals surface area contributed by atoms with Crippen molar-refractivity contribution in [1.82, 2.24) is 15.4 Å². The van der Waals surface area contributed by atoms with Gasteiger partial charge in [0.15, 0.2) is 12.6 Å². The van der Waals surface area contributed by atoms with Crippen molar-refractivity contribution >= 4 is 22.7 Å². The van der Waals surface area contributed by atoms with Gasteiger partial charge in [-0.25, -0.2) is 10.4 Å². The molecule has 11 atom stereocenters. The SMILES string of the molecule is COc1ccc(-c2nc3cc(C4=NNC(=O)CC4C)ccc3[nH]2)cc1.OC[C@H]1O[C@@H](O[C@H]2[C@H](O)[C@@H](O)[C@H](O)O[C@@H]2CO)[C@H](O)[C@@H](O)[C@H]1O. The summed E-state index contributed by atoms with van der Waals surface area (Å²) in [7, 11) is 1.65. The molecule has 4 heterocycles. The second kappa shape index (κ2) is 15.3. The van der Waals surface area contributed by atoms with Gasteiger partial charge >= 0.3 is 0 Å². The predicted octanol–water partition coefficient (Wildman–Crippen LogP) is -2.30. The smallest absolute Gasteiger partial charge is 0.240 e. The molecule has 6 rings (SSSR count). The maximum atomic E-state index is 11.4. The van der Waals surface area contributed by atoms with Crippen LogP contribution in [0.1, 0.15) is 18.9 Å². The van der Waals surface area contributed by atoms with Crippen molar-refractivity contribution in [2.24, 2.45) is 11.0 Å². The van der Waals surface area contributed by atoms with E-state index in [4.69, 9.17) is 29.0 Å². The van der Waals surface area contributed by atoms with Crippen molar-refractivity contribution in [3.8, 4) is 17.1 Å². The maximum Gasteiger partial charge on any atom is 0.240 e. The number of hydrogen-bond donors (Lipinski definition) is 10. The first kappa shape index (κ1) is 35.7. The number of aromatic amines is 1. The van der Waals surface area contributed by atoms with E-state index in [9.17, 15) is 40.5 Å². The lowest BCUT2D eigenvalue weighted by molar-refractivity contribution is -0.355. The van der Waals surface area contributed by atoms with E-state index in [1.807, 2.05) is 49.4 Å². The molecule has 10 N–H and O–H groups in total. The van der Waals surface area contributed by atoms with Gasteiger partial charge in [-0.05, 0) is 36.4 Å². The molecule has 2 fully saturated rings. The number of aliphatic hydroxyl groups is 8. The minimum atomic E-state index is -1.74. The zero-order valence-corrected chi connectivity index (χ0v) is 26.0. The lowest BCUT2D eigenvalue weighted by Gasteiger charge is -2.45. The highest BCUT2D eigenvalue weighted by molar-refractivity contribution is 6.07. The molecular weight excluding hydrogens is 636 g/mol. The third kappa shape index (κ3) is 7.51. The van der Waals surface area contributed by atoms with Crippen LogP contribution in [0, 0.1) is 5.92 Å². The standard InChI is InChI=1S/C19H18N4O2.C12H22O11/c1-11-9-17(24)22-23-18(11)13-5-8-15-16(10-13)21-19(20-15)12-3-6-14(25-2)7-4-12;13-1-3-5(15)6(16)9(19)12(22-3)23-10-4(2-14)21-11(20)8(18)7(10)17/h3-8,10-11H,9H2,1-2H3,(H,20,21)(H,22,24);3-20H,1-2H2/t;3-,4-,5+,6+,7-,8-,9-,10-,11-,12+/m.1/s1. The molecule has 3 aliphatic heterocycles. The highest BCUT2D eigenvalue weighted by atomic mass is 16.7. The van der Waals surface area contributed by atoms with Crippen LogP contribution in [0.15, 0.2) is 47.6 Å². The van der Waals surface area contributed by atoms with Gasteiger partial charge in [-0.15, -0.1) is 0 Å². The van der Waals surface area contributed by atoms with Crippen LogP contribution >= 0.6 is 0 Å². The first-order chi connectivity index (χ1) is 22.9. The number of imidazole rings is 1. The average Bonchev–Trinajstić information content (AvgIpc) is 3.52. The Kier molecular flexibility index (Phi) is 11.4. The number of hydrazone groups is 1. The summed E-state index contributed by atoms with van der Waals surface area (Å²) in [5.41, 5.74) is 7.25. The third-order valence-corrected chi connectivity index (χ3v) is 8.38. The van der Waals surface area contributed by atoms with Crippen LogP contribution in [0.3, 0.4) is 0 Å². The van der Waals surface area contributed by atoms with Crippen molar-refractivity contribution < 1.29 is 64.6 Å². The molecule has 17 heteroatoms. The van der Waals surface area contributed by atoms with Gasteiger partial charge in [-0.2, -0.15) is 5.10 Å². The van der Waals surface area contributed by atoms with Crippen LogP contribution < -0.4 is 10.2 Å². The fourth-order valence-corrected chi connectivity index (χ4v) is 5.62. The van der Waals surface area contributed by atoms with E-state index in [1.54, 1.807) is 7.11 Å². The number of benzene rings is 2. The second-order valence-corrected chi connectivity index (χ2v) is 11.7. The fraction of sp³-hybridized carbons (Fsp3) is 0.516. The van der Waals surface area contributed by atoms with Gasteiger partial charge in [0.1, 0.15) is 60.4 Å². The maximum absolute atomic E-state index is 11.4. The van der Waals surface area contributed by atoms with Crippen molar-refractivity contribution in [3.05, 3.63) is 48.0 Å². The molecule has 2 aromatic carbocycles. The lowest BCUT2D eigenvalue weighted by Crippen LogP contribution is -2.64. The van der Waals surface area contributed by atoms with Crippen LogP contribution in [0.25, 0.3) is 22.4 Å². The van der Waals surface area contributed by atoms with Gasteiger partial charge in [0, 0.05) is 23.5 Å². The number of fused-ring (bicyclic) bond motifs is 1. The Hall–Kier alpha value is -3.59. The predicted molar refractivity (Wildman–Crippen MR) is 165 cm³/mol. The van der Waals surface area contributed by atoms with Crippen molar-refractivity contribution in [2.45, 2.75) is 74.8 Å². The number of aliphatic hydroxyl groups excluding tert-OH is 8. The monoisotopic (exact) mass is 676 g/mol. The number of rotatable bonds is 7. The number of aromatic nitrogens is 2. The Morgan fingerprint density at radius 2 is 1.54 bits per heavy atom. The first-order valence-electron chi connectivity index (χ1n) is 15.2. The number of carbonyl (C=O) groups excluding carboxylic acids is 1. The quantitative estimate of drug-likeness (QED) is 0.126. The van der Waals surface area contributed by atoms with Crippen LogP contribution in [0.2, 0.25) is 0 Å². The number of methoxy groups -OCH3 is 1. The van der Waals surface area contributed by atoms with Gasteiger partial charge in [0.2, 0.25) is 5.91 Å². The summed E-state index contributed by atoms with van der Waals surface area (Å²) in [6.45, 7) is 0.664. The molecule has 2 saturated heterocycles. The molecule has 1 unspecified atom stereocenters. The zero-order chi connectivity index (χ0) is 34.7. The Labute approximate surface area is 274 Å². The van der Waals surface area contributed by atoms with E-state index >= 15 is 0 Å². The van der Waals surface area contributed by atoms with Gasteiger partial charge in [-0.1, -0.05) is 13.0 Å². The minimum Gasteiger partial charge on any atom is -0.497 e. The Morgan fingerprint density at radius 3 is 2.19 bits per heavy atom. The molecular formula is C31H40N4O13. The fourth-order valence-electron chi connectivity index (χ4n) is 5.62. The molecule has 0 aliphatic carbocycles. The number of nitrogens with zero attached hydrogens (tertiary/aromatic N) is 2. The zero-order valence-electron chi connectivity index (χ0n) is 26.0. The van der Waals surface area contributed by atoms with E-state index in [0.29, 0.717) is 6.42 Å². The molecule has 3 aromatic rings. The van der Waals surface area contributed by atoms with Gasteiger partial charge in [0.25, 0.3) is 0 Å². The summed E-state index contributed by atoms with van der Waals surface area (Å²) >= 11 is 0. The summed E-state index contributed by atoms with van der Waals surface area (Å²) in [6, 6.07) is 13.8. The highest BCUT2D eigenvalue weighted by Gasteiger charge is 2.50. The van der Waals surface area contributed by atoms with Crippen LogP contribution in [-0.2, 0) is 19.0 Å². The molecule has 0 radical (unpaired) electrons. The summed E-state index contributed by atoms with van der Waals surface area (Å²) < 4.78 is 20.5. The second-order valence-electron chi connectivity index (χ2n) is 11.7. The summed E-state index contributed by atoms with van der Waals surface area (Å²) in [4.78, 5) is 19.5. The number of H-pyrrole nitrogens is 1. The number of ether oxygens (including phenoxy) is 4. The van der Waals surface area contributed by atoms with Gasteiger partial charge < -0.3 is 64.8 Å². The molecule has 48 heavy (non-hydrogen) atoms. The molecule has 1 aromatic heterocycles. The average molecular weight is 677 g/mol. The number of carbonyl (C=O) groups is 1. The molecule has 0 bridgehead atoms. The van der Waals surface area contributed by atoms with E-state index in [0.717, 1.165) is 39.4 Å². The molecule has 1 amide bonds. The van der Waals surface area contributed by atoms with E-state index in [-0.39, 0.29) is 11.8 Å². The Morgan fingerprint density at radius 1 is 0.854 bits per heavy atom. The normalized spacial score (nSPS) is 33.8. The van der Waals surface area contributed by atoms with E-state index < -0.39 is 74.6 Å². The molecule has 3 aliphatic rings. The lowest BCUT2D eigenvalue weighted by atomic mass is 9.94. The summed E-state index contributed by atoms with van der Waals surface area (Å²) in [6.07, 6.45) is -15.1. The largest absolute Gasteiger partial charge is 0.497 e. The van der Waals surface area contributed by atoms with Crippen molar-refractivity contribution in [2.75, 3.05) is 20.3 Å². The van der Waals surface area contributed by atoms with Gasteiger partial charge in [0.05, 0.1) is 37.1 Å². The molecule has 0 saturated carbocycles. The topological polar surface area (TPSA) is 269 Å². The summed E-state index contributed by atoms with van der Waals surface area (Å²) in [5, 5.41) is 80.7. The molecule has 17 nitrogen and oxygen atoms in total. The highest BCUT2D eigenvalue weighted by Crippen LogP contribution is 2.29. The van der Waals surface area contributed by atoms with Crippen LogP contribution in [0.4, 0.5) is 0 Å². The van der Waals surface area contributed by atoms with Gasteiger partial charge in [-0.3, -0.25) is 4.79 Å². The van der Waals surface area contributed by atoms with Crippen molar-refractivity contribution in [1.29, 1.82) is 0 Å². The van der Waals surface area contributed by atoms with Crippen molar-refractivity contribution in [3.63, 3.8) is 0 Å². The minimum absolute atomic E-state index is 0.0427. The number of amides is 1. The number of nitrogens with one attached hydrogen (secondary N) is 2. The summed E-state index contributed by atoms with van der Waals surface area (Å²) in [5.74, 6) is 1.67. The van der Waals surface area contributed by atoms with E-state index in [1.165, 1.54) is 0 Å². The Bertz CT molecular complexity index is 1570. The molecule has 262 valence electrons. The Balaban J connectivity index is 0.000000189. The van der Waals surface area contributed by atoms with E-state index in [2.05, 4.69) is 15.5 Å². The third-order valence-electron chi connectivity index (χ3n) is 8.38.